The zero-order valence-corrected chi connectivity index (χ0v) is 20.8. The lowest BCUT2D eigenvalue weighted by molar-refractivity contribution is -0.141. The molecular weight excluding hydrogens is 400 g/mol. The summed E-state index contributed by atoms with van der Waals surface area (Å²) in [6, 6.07) is -0.309. The van der Waals surface area contributed by atoms with Gasteiger partial charge in [0.25, 0.3) is 0 Å². The van der Waals surface area contributed by atoms with Crippen LogP contribution in [-0.2, 0) is 4.79 Å². The molecular formula is C27H44N2O3. The van der Waals surface area contributed by atoms with Crippen molar-refractivity contribution in [3.8, 4) is 0 Å². The van der Waals surface area contributed by atoms with Crippen LogP contribution in [0, 0.1) is 34.5 Å². The fourth-order valence-electron chi connectivity index (χ4n) is 8.22. The summed E-state index contributed by atoms with van der Waals surface area (Å²) in [6.07, 6.45) is 11.2. The van der Waals surface area contributed by atoms with Crippen molar-refractivity contribution in [2.45, 2.75) is 105 Å². The fraction of sp³-hybridized carbons (Fsp3) is 0.852. The van der Waals surface area contributed by atoms with Crippen LogP contribution in [0.1, 0.15) is 92.4 Å². The number of carbonyl (C=O) groups is 2. The molecule has 5 nitrogen and oxygen atoms in total. The maximum absolute atomic E-state index is 13.8. The predicted molar refractivity (Wildman–Crippen MR) is 127 cm³/mol. The number of aliphatic hydroxyl groups excluding tert-OH is 1. The summed E-state index contributed by atoms with van der Waals surface area (Å²) in [5.74, 6) is 1.88. The van der Waals surface area contributed by atoms with Crippen LogP contribution in [0.15, 0.2) is 11.6 Å². The minimum Gasteiger partial charge on any atom is -0.389 e. The normalized spacial score (nSPS) is 41.6. The minimum absolute atomic E-state index is 0.0117. The first-order valence-electron chi connectivity index (χ1n) is 13.2. The van der Waals surface area contributed by atoms with Gasteiger partial charge in [-0.05, 0) is 100 Å². The van der Waals surface area contributed by atoms with Crippen LogP contribution in [0.5, 0.6) is 0 Å². The van der Waals surface area contributed by atoms with E-state index in [1.807, 2.05) is 20.8 Å². The Balaban J connectivity index is 1.58. The lowest BCUT2D eigenvalue weighted by Gasteiger charge is -2.58. The van der Waals surface area contributed by atoms with E-state index in [4.69, 9.17) is 0 Å². The molecule has 4 aliphatic rings. The number of allylic oxidation sites excluding steroid dienone is 1. The highest BCUT2D eigenvalue weighted by Gasteiger charge is 2.60. The quantitative estimate of drug-likeness (QED) is 0.579. The van der Waals surface area contributed by atoms with Gasteiger partial charge in [0.1, 0.15) is 0 Å². The van der Waals surface area contributed by atoms with E-state index >= 15 is 0 Å². The van der Waals surface area contributed by atoms with Crippen molar-refractivity contribution in [1.29, 1.82) is 0 Å². The van der Waals surface area contributed by atoms with Gasteiger partial charge in [0, 0.05) is 18.5 Å². The SMILES string of the molecule is CCNC(=O)N(C(=O)C1CC[C@H]2[C@@H]3CCC4=CC(O)CC[C@]4(C)[C@@H]3CC[C@]12C)C(C)CC. The van der Waals surface area contributed by atoms with Crippen LogP contribution in [-0.4, -0.2) is 40.6 Å². The molecule has 0 saturated heterocycles. The first kappa shape index (κ1) is 23.8. The Hall–Kier alpha value is -1.36. The maximum Gasteiger partial charge on any atom is 0.324 e. The van der Waals surface area contributed by atoms with E-state index in [1.165, 1.54) is 12.0 Å². The van der Waals surface area contributed by atoms with Crippen LogP contribution in [0.3, 0.4) is 0 Å². The summed E-state index contributed by atoms with van der Waals surface area (Å²) in [5.41, 5.74) is 1.70. The Kier molecular flexibility index (Phi) is 6.52. The second kappa shape index (κ2) is 8.77. The van der Waals surface area contributed by atoms with Gasteiger partial charge in [0.2, 0.25) is 5.91 Å². The average molecular weight is 445 g/mol. The van der Waals surface area contributed by atoms with Crippen LogP contribution >= 0.6 is 0 Å². The molecule has 32 heavy (non-hydrogen) atoms. The molecule has 0 aromatic rings. The number of amides is 3. The smallest absolute Gasteiger partial charge is 0.324 e. The third-order valence-electron chi connectivity index (χ3n) is 10.2. The molecule has 3 amide bonds. The van der Waals surface area contributed by atoms with Crippen molar-refractivity contribution in [2.24, 2.45) is 34.5 Å². The molecule has 0 radical (unpaired) electrons. The zero-order valence-electron chi connectivity index (χ0n) is 20.8. The molecule has 0 heterocycles. The Bertz CT molecular complexity index is 779. The Morgan fingerprint density at radius 1 is 1.12 bits per heavy atom. The van der Waals surface area contributed by atoms with Gasteiger partial charge in [-0.15, -0.1) is 0 Å². The molecule has 3 fully saturated rings. The number of aliphatic hydroxyl groups is 1. The van der Waals surface area contributed by atoms with Crippen molar-refractivity contribution < 1.29 is 14.7 Å². The molecule has 0 aromatic heterocycles. The summed E-state index contributed by atoms with van der Waals surface area (Å²) in [7, 11) is 0. The highest BCUT2D eigenvalue weighted by molar-refractivity contribution is 5.96. The molecule has 4 aliphatic carbocycles. The van der Waals surface area contributed by atoms with E-state index in [0.717, 1.165) is 51.4 Å². The van der Waals surface area contributed by atoms with Gasteiger partial charge < -0.3 is 10.4 Å². The summed E-state index contributed by atoms with van der Waals surface area (Å²) < 4.78 is 0. The van der Waals surface area contributed by atoms with Crippen LogP contribution in [0.2, 0.25) is 0 Å². The number of nitrogens with one attached hydrogen (secondary N) is 1. The maximum atomic E-state index is 13.8. The number of urea groups is 1. The second-order valence-electron chi connectivity index (χ2n) is 11.6. The van der Waals surface area contributed by atoms with Gasteiger partial charge >= 0.3 is 6.03 Å². The molecule has 3 unspecified atom stereocenters. The third-order valence-corrected chi connectivity index (χ3v) is 10.2. The third kappa shape index (κ3) is 3.63. The summed E-state index contributed by atoms with van der Waals surface area (Å²) in [4.78, 5) is 28.2. The standard InChI is InChI=1S/C27H44N2O3/c1-6-17(3)29(25(32)28-7-2)24(31)23-11-10-21-20-9-8-18-16-19(30)12-14-26(18,4)22(20)13-15-27(21,23)5/h16-17,19-23,30H,6-15H2,1-5H3,(H,28,32)/t17?,19?,20-,21-,22+,23?,26-,27-/m0/s1. The molecule has 5 heteroatoms. The van der Waals surface area contributed by atoms with Crippen molar-refractivity contribution in [2.75, 3.05) is 6.54 Å². The highest BCUT2D eigenvalue weighted by atomic mass is 16.3. The van der Waals surface area contributed by atoms with Gasteiger partial charge in [0.05, 0.1) is 6.10 Å². The number of hydrogen-bond donors (Lipinski definition) is 2. The number of imide groups is 1. The van der Waals surface area contributed by atoms with Gasteiger partial charge in [-0.3, -0.25) is 9.69 Å². The van der Waals surface area contributed by atoms with Gasteiger partial charge in [0.15, 0.2) is 0 Å². The molecule has 0 bridgehead atoms. The minimum atomic E-state index is -0.266. The molecule has 0 aromatic carbocycles. The Morgan fingerprint density at radius 3 is 2.56 bits per heavy atom. The van der Waals surface area contributed by atoms with Crippen molar-refractivity contribution in [3.63, 3.8) is 0 Å². The highest BCUT2D eigenvalue weighted by Crippen LogP contribution is 2.66. The van der Waals surface area contributed by atoms with E-state index in [0.29, 0.717) is 24.3 Å². The molecule has 8 atom stereocenters. The van der Waals surface area contributed by atoms with Crippen molar-refractivity contribution in [1.82, 2.24) is 10.2 Å². The first-order chi connectivity index (χ1) is 15.2. The van der Waals surface area contributed by atoms with Gasteiger partial charge in [-0.2, -0.15) is 0 Å². The van der Waals surface area contributed by atoms with Gasteiger partial charge in [-0.1, -0.05) is 32.4 Å². The zero-order chi connectivity index (χ0) is 23.3. The molecule has 2 N–H and O–H groups in total. The molecule has 0 spiro atoms. The van der Waals surface area contributed by atoms with Crippen LogP contribution in [0.25, 0.3) is 0 Å². The average Bonchev–Trinajstić information content (AvgIpc) is 3.11. The van der Waals surface area contributed by atoms with Crippen LogP contribution < -0.4 is 5.32 Å². The van der Waals surface area contributed by atoms with Crippen molar-refractivity contribution >= 4 is 11.9 Å². The molecule has 4 rings (SSSR count). The lowest BCUT2D eigenvalue weighted by atomic mass is 9.47. The van der Waals surface area contributed by atoms with E-state index in [-0.39, 0.29) is 40.8 Å². The number of carbonyl (C=O) groups excluding carboxylic acids is 2. The van der Waals surface area contributed by atoms with E-state index in [9.17, 15) is 14.7 Å². The number of fused-ring (bicyclic) bond motifs is 5. The Morgan fingerprint density at radius 2 is 1.88 bits per heavy atom. The van der Waals surface area contributed by atoms with E-state index < -0.39 is 0 Å². The number of nitrogens with zero attached hydrogens (tertiary/aromatic N) is 1. The predicted octanol–water partition coefficient (Wildman–Crippen LogP) is 5.28. The van der Waals surface area contributed by atoms with Crippen LogP contribution in [0.4, 0.5) is 4.79 Å². The topological polar surface area (TPSA) is 69.6 Å². The monoisotopic (exact) mass is 444 g/mol. The number of hydrogen-bond acceptors (Lipinski definition) is 3. The second-order valence-corrected chi connectivity index (χ2v) is 11.6. The molecule has 180 valence electrons. The summed E-state index contributed by atoms with van der Waals surface area (Å²) >= 11 is 0. The fourth-order valence-corrected chi connectivity index (χ4v) is 8.22. The van der Waals surface area contributed by atoms with Gasteiger partial charge in [-0.25, -0.2) is 4.79 Å². The Labute approximate surface area is 194 Å². The summed E-state index contributed by atoms with van der Waals surface area (Å²) in [5, 5.41) is 13.1. The largest absolute Gasteiger partial charge is 0.389 e. The first-order valence-corrected chi connectivity index (χ1v) is 13.2. The van der Waals surface area contributed by atoms with E-state index in [1.54, 1.807) is 4.90 Å². The molecule has 0 aliphatic heterocycles. The van der Waals surface area contributed by atoms with E-state index in [2.05, 4.69) is 25.2 Å². The van der Waals surface area contributed by atoms with Crippen molar-refractivity contribution in [3.05, 3.63) is 11.6 Å². The molecule has 3 saturated carbocycles. The summed E-state index contributed by atoms with van der Waals surface area (Å²) in [6.45, 7) is 11.3. The lowest BCUT2D eigenvalue weighted by Crippen LogP contribution is -2.55. The number of rotatable bonds is 4.